The molecule has 2 amide bonds. The van der Waals surface area contributed by atoms with Gasteiger partial charge in [0.1, 0.15) is 0 Å². The predicted molar refractivity (Wildman–Crippen MR) is 84.2 cm³/mol. The summed E-state index contributed by atoms with van der Waals surface area (Å²) in [5, 5.41) is 2.80. The van der Waals surface area contributed by atoms with Crippen LogP contribution in [0.1, 0.15) is 44.9 Å². The van der Waals surface area contributed by atoms with Crippen LogP contribution in [0.25, 0.3) is 0 Å². The van der Waals surface area contributed by atoms with Gasteiger partial charge in [-0.05, 0) is 12.3 Å². The first-order valence-electron chi connectivity index (χ1n) is 8.55. The quantitative estimate of drug-likeness (QED) is 0.754. The van der Waals surface area contributed by atoms with Crippen LogP contribution in [0.3, 0.4) is 0 Å². The molecule has 0 aromatic heterocycles. The van der Waals surface area contributed by atoms with E-state index in [4.69, 9.17) is 10.5 Å². The fourth-order valence-electron chi connectivity index (χ4n) is 3.28. The number of nitrogens with one attached hydrogen (secondary N) is 1. The summed E-state index contributed by atoms with van der Waals surface area (Å²) < 4.78 is 5.22. The molecule has 126 valence electrons. The van der Waals surface area contributed by atoms with Gasteiger partial charge in [0.25, 0.3) is 0 Å². The molecule has 0 aromatic carbocycles. The Bertz CT molecular complexity index is 364. The molecule has 0 aromatic rings. The Balaban J connectivity index is 1.60. The molecule has 2 aliphatic rings. The zero-order chi connectivity index (χ0) is 15.8. The monoisotopic (exact) mass is 311 g/mol. The molecule has 2 rings (SSSR count). The second-order valence-corrected chi connectivity index (χ2v) is 6.38. The lowest BCUT2D eigenvalue weighted by molar-refractivity contribution is -0.135. The Morgan fingerprint density at radius 3 is 2.55 bits per heavy atom. The van der Waals surface area contributed by atoms with Gasteiger partial charge in [0, 0.05) is 26.1 Å². The first-order chi connectivity index (χ1) is 10.7. The molecule has 1 aliphatic heterocycles. The lowest BCUT2D eigenvalue weighted by Gasteiger charge is -2.27. The van der Waals surface area contributed by atoms with Gasteiger partial charge < -0.3 is 20.7 Å². The number of carbonyl (C=O) groups excluding carboxylic acids is 2. The highest BCUT2D eigenvalue weighted by Crippen LogP contribution is 2.26. The summed E-state index contributed by atoms with van der Waals surface area (Å²) in [7, 11) is 0. The highest BCUT2D eigenvalue weighted by molar-refractivity contribution is 5.82. The van der Waals surface area contributed by atoms with E-state index < -0.39 is 6.04 Å². The number of hydrogen-bond acceptors (Lipinski definition) is 4. The summed E-state index contributed by atoms with van der Waals surface area (Å²) in [5.41, 5.74) is 5.98. The van der Waals surface area contributed by atoms with Crippen LogP contribution in [-0.4, -0.2) is 55.6 Å². The molecular weight excluding hydrogens is 282 g/mol. The van der Waals surface area contributed by atoms with E-state index >= 15 is 0 Å². The van der Waals surface area contributed by atoms with Gasteiger partial charge in [-0.3, -0.25) is 9.59 Å². The lowest BCUT2D eigenvalue weighted by Crippen LogP contribution is -2.45. The first kappa shape index (κ1) is 17.2. The highest BCUT2D eigenvalue weighted by atomic mass is 16.5. The van der Waals surface area contributed by atoms with E-state index in [1.165, 1.54) is 32.1 Å². The summed E-state index contributed by atoms with van der Waals surface area (Å²) in [5.74, 6) is 0.536. The average molecular weight is 311 g/mol. The summed E-state index contributed by atoms with van der Waals surface area (Å²) in [6.45, 7) is 2.87. The molecule has 1 atom stereocenters. The van der Waals surface area contributed by atoms with Gasteiger partial charge in [-0.1, -0.05) is 32.1 Å². The molecule has 1 unspecified atom stereocenters. The molecule has 0 radical (unpaired) electrons. The number of ether oxygens (including phenoxy) is 1. The highest BCUT2D eigenvalue weighted by Gasteiger charge is 2.21. The number of hydrogen-bond donors (Lipinski definition) is 2. The van der Waals surface area contributed by atoms with Crippen molar-refractivity contribution in [1.82, 2.24) is 10.2 Å². The molecule has 0 bridgehead atoms. The van der Waals surface area contributed by atoms with Crippen molar-refractivity contribution < 1.29 is 14.3 Å². The minimum Gasteiger partial charge on any atom is -0.378 e. The van der Waals surface area contributed by atoms with Gasteiger partial charge in [-0.2, -0.15) is 0 Å². The molecule has 3 N–H and O–H groups in total. The second kappa shape index (κ2) is 9.10. The Kier molecular flexibility index (Phi) is 7.12. The number of morpholine rings is 1. The van der Waals surface area contributed by atoms with E-state index in [2.05, 4.69) is 5.32 Å². The third kappa shape index (κ3) is 5.57. The van der Waals surface area contributed by atoms with Gasteiger partial charge in [-0.15, -0.1) is 0 Å². The van der Waals surface area contributed by atoms with Gasteiger partial charge >= 0.3 is 0 Å². The van der Waals surface area contributed by atoms with E-state index in [1.54, 1.807) is 4.90 Å². The molecule has 6 heteroatoms. The topological polar surface area (TPSA) is 84.7 Å². The van der Waals surface area contributed by atoms with Crippen LogP contribution in [0.5, 0.6) is 0 Å². The number of carbonyl (C=O) groups is 2. The van der Waals surface area contributed by atoms with Crippen LogP contribution in [0, 0.1) is 5.92 Å². The van der Waals surface area contributed by atoms with Crippen molar-refractivity contribution in [1.29, 1.82) is 0 Å². The number of nitrogens with zero attached hydrogens (tertiary/aromatic N) is 1. The molecule has 1 aliphatic carbocycles. The SMILES string of the molecule is NC(CC1CCCCC1)C(=O)NCCC(=O)N1CCOCC1. The van der Waals surface area contributed by atoms with Crippen LogP contribution in [0.15, 0.2) is 0 Å². The Hall–Kier alpha value is -1.14. The van der Waals surface area contributed by atoms with E-state index in [-0.39, 0.29) is 11.8 Å². The number of amides is 2. The fourth-order valence-corrected chi connectivity index (χ4v) is 3.28. The van der Waals surface area contributed by atoms with Gasteiger partial charge in [-0.25, -0.2) is 0 Å². The van der Waals surface area contributed by atoms with E-state index in [9.17, 15) is 9.59 Å². The number of nitrogens with two attached hydrogens (primary N) is 1. The molecular formula is C16H29N3O3. The van der Waals surface area contributed by atoms with Crippen LogP contribution in [0.4, 0.5) is 0 Å². The van der Waals surface area contributed by atoms with Crippen molar-refractivity contribution in [2.45, 2.75) is 51.0 Å². The van der Waals surface area contributed by atoms with Crippen molar-refractivity contribution in [2.24, 2.45) is 11.7 Å². The van der Waals surface area contributed by atoms with Gasteiger partial charge in [0.05, 0.1) is 19.3 Å². The second-order valence-electron chi connectivity index (χ2n) is 6.38. The maximum absolute atomic E-state index is 12.0. The molecule has 0 spiro atoms. The maximum Gasteiger partial charge on any atom is 0.236 e. The molecule has 1 heterocycles. The standard InChI is InChI=1S/C16H29N3O3/c17-14(12-13-4-2-1-3-5-13)16(21)18-7-6-15(20)19-8-10-22-11-9-19/h13-14H,1-12,17H2,(H,18,21). The Labute approximate surface area is 132 Å². The van der Waals surface area contributed by atoms with Crippen molar-refractivity contribution in [3.05, 3.63) is 0 Å². The number of rotatable bonds is 6. The van der Waals surface area contributed by atoms with Crippen LogP contribution >= 0.6 is 0 Å². The predicted octanol–water partition coefficient (Wildman–Crippen LogP) is 0.649. The van der Waals surface area contributed by atoms with Gasteiger partial charge in [0.2, 0.25) is 11.8 Å². The summed E-state index contributed by atoms with van der Waals surface area (Å²) in [4.78, 5) is 25.7. The molecule has 1 saturated carbocycles. The largest absolute Gasteiger partial charge is 0.378 e. The molecule has 6 nitrogen and oxygen atoms in total. The average Bonchev–Trinajstić information content (AvgIpc) is 2.56. The van der Waals surface area contributed by atoms with Crippen molar-refractivity contribution in [3.63, 3.8) is 0 Å². The third-order valence-electron chi connectivity index (χ3n) is 4.65. The summed E-state index contributed by atoms with van der Waals surface area (Å²) in [6, 6.07) is -0.443. The zero-order valence-electron chi connectivity index (χ0n) is 13.4. The van der Waals surface area contributed by atoms with Crippen LogP contribution < -0.4 is 11.1 Å². The maximum atomic E-state index is 12.0. The first-order valence-corrected chi connectivity index (χ1v) is 8.55. The third-order valence-corrected chi connectivity index (χ3v) is 4.65. The molecule has 1 saturated heterocycles. The van der Waals surface area contributed by atoms with E-state index in [1.807, 2.05) is 0 Å². The summed E-state index contributed by atoms with van der Waals surface area (Å²) >= 11 is 0. The van der Waals surface area contributed by atoms with E-state index in [0.29, 0.717) is 45.2 Å². The fraction of sp³-hybridized carbons (Fsp3) is 0.875. The van der Waals surface area contributed by atoms with Crippen LogP contribution in [0.2, 0.25) is 0 Å². The van der Waals surface area contributed by atoms with Crippen molar-refractivity contribution in [3.8, 4) is 0 Å². The molecule has 22 heavy (non-hydrogen) atoms. The smallest absolute Gasteiger partial charge is 0.236 e. The van der Waals surface area contributed by atoms with Gasteiger partial charge in [0.15, 0.2) is 0 Å². The molecule has 2 fully saturated rings. The Morgan fingerprint density at radius 1 is 1.18 bits per heavy atom. The minimum absolute atomic E-state index is 0.0736. The minimum atomic E-state index is -0.443. The summed E-state index contributed by atoms with van der Waals surface area (Å²) in [6.07, 6.45) is 7.31. The van der Waals surface area contributed by atoms with Crippen molar-refractivity contribution >= 4 is 11.8 Å². The normalized spacial score (nSPS) is 21.4. The van der Waals surface area contributed by atoms with E-state index in [0.717, 1.165) is 6.42 Å². The van der Waals surface area contributed by atoms with Crippen molar-refractivity contribution in [2.75, 3.05) is 32.8 Å². The zero-order valence-corrected chi connectivity index (χ0v) is 13.4. The van der Waals surface area contributed by atoms with Crippen LogP contribution in [-0.2, 0) is 14.3 Å². The lowest BCUT2D eigenvalue weighted by atomic mass is 9.85. The Morgan fingerprint density at radius 2 is 1.86 bits per heavy atom.